The van der Waals surface area contributed by atoms with Crippen molar-refractivity contribution in [2.24, 2.45) is 0 Å². The third-order valence-corrected chi connectivity index (χ3v) is 2.19. The fourth-order valence-electron chi connectivity index (χ4n) is 1.50. The van der Waals surface area contributed by atoms with Crippen molar-refractivity contribution in [2.75, 3.05) is 0 Å². The van der Waals surface area contributed by atoms with Crippen molar-refractivity contribution in [1.82, 2.24) is 46.2 Å². The van der Waals surface area contributed by atoms with Crippen LogP contribution >= 0.6 is 0 Å². The standard InChI is InChI=1S/C6H6BN9/c1-4(11-14-8-1)7(5-2-9-15-12-5)6-3-10-16-13-6/h1-3H,(H,8,11,14)(H,9,12,15)(H,10,13,16). The van der Waals surface area contributed by atoms with Crippen molar-refractivity contribution in [3.63, 3.8) is 0 Å². The number of hydrogen-bond donors (Lipinski definition) is 3. The summed E-state index contributed by atoms with van der Waals surface area (Å²) in [5, 5.41) is 31.1. The highest BCUT2D eigenvalue weighted by atomic mass is 15.3. The second-order valence-electron chi connectivity index (χ2n) is 3.12. The molecule has 0 bridgehead atoms. The van der Waals surface area contributed by atoms with Gasteiger partial charge in [-0.15, -0.1) is 0 Å². The first-order valence-corrected chi connectivity index (χ1v) is 4.52. The SMILES string of the molecule is c1n[nH]nc1B(c1cn[nH]n1)c1cn[nH]n1. The maximum absolute atomic E-state index is 4.03. The molecule has 0 aromatic carbocycles. The van der Waals surface area contributed by atoms with Crippen LogP contribution in [0.25, 0.3) is 0 Å². The van der Waals surface area contributed by atoms with E-state index < -0.39 is 0 Å². The van der Waals surface area contributed by atoms with Crippen molar-refractivity contribution in [1.29, 1.82) is 0 Å². The highest BCUT2D eigenvalue weighted by Crippen LogP contribution is 1.82. The van der Waals surface area contributed by atoms with Crippen LogP contribution in [0, 0.1) is 0 Å². The van der Waals surface area contributed by atoms with Crippen molar-refractivity contribution in [3.8, 4) is 0 Å². The van der Waals surface area contributed by atoms with Gasteiger partial charge in [0.05, 0.1) is 35.4 Å². The quantitative estimate of drug-likeness (QED) is 0.390. The predicted molar refractivity (Wildman–Crippen MR) is 53.8 cm³/mol. The Morgan fingerprint density at radius 3 is 1.31 bits per heavy atom. The van der Waals surface area contributed by atoms with Crippen LogP contribution in [0.2, 0.25) is 0 Å². The maximum Gasteiger partial charge on any atom is 0.324 e. The molecular weight excluding hydrogens is 209 g/mol. The minimum Gasteiger partial charge on any atom is -0.199 e. The lowest BCUT2D eigenvalue weighted by molar-refractivity contribution is 0.941. The summed E-state index contributed by atoms with van der Waals surface area (Å²) in [5.74, 6) is 0. The van der Waals surface area contributed by atoms with E-state index in [1.165, 1.54) is 0 Å². The number of aromatic nitrogens is 9. The molecule has 0 spiro atoms. The zero-order valence-electron chi connectivity index (χ0n) is 7.99. The van der Waals surface area contributed by atoms with Gasteiger partial charge in [0.25, 0.3) is 0 Å². The van der Waals surface area contributed by atoms with Gasteiger partial charge in [0.1, 0.15) is 0 Å². The molecule has 16 heavy (non-hydrogen) atoms. The topological polar surface area (TPSA) is 125 Å². The largest absolute Gasteiger partial charge is 0.324 e. The van der Waals surface area contributed by atoms with Gasteiger partial charge >= 0.3 is 6.71 Å². The van der Waals surface area contributed by atoms with Gasteiger partial charge in [0.2, 0.25) is 0 Å². The molecule has 3 aromatic rings. The number of hydrogen-bond acceptors (Lipinski definition) is 6. The molecular formula is C6H6BN9. The highest BCUT2D eigenvalue weighted by Gasteiger charge is 2.29. The van der Waals surface area contributed by atoms with E-state index in [4.69, 9.17) is 0 Å². The first kappa shape index (κ1) is 8.77. The lowest BCUT2D eigenvalue weighted by Gasteiger charge is -2.01. The maximum atomic E-state index is 4.03. The fraction of sp³-hybridized carbons (Fsp3) is 0. The number of aromatic amines is 3. The van der Waals surface area contributed by atoms with Gasteiger partial charge in [-0.2, -0.15) is 46.2 Å². The normalized spacial score (nSPS) is 10.5. The van der Waals surface area contributed by atoms with Crippen LogP contribution in [0.1, 0.15) is 0 Å². The Kier molecular flexibility index (Phi) is 1.95. The van der Waals surface area contributed by atoms with E-state index in [1.807, 2.05) is 0 Å². The Labute approximate surface area is 89.1 Å². The van der Waals surface area contributed by atoms with Gasteiger partial charge in [-0.3, -0.25) is 0 Å². The molecule has 0 aliphatic rings. The summed E-state index contributed by atoms with van der Waals surface area (Å²) in [4.78, 5) is 0. The first-order chi connectivity index (χ1) is 7.95. The average Bonchev–Trinajstić information content (AvgIpc) is 3.02. The van der Waals surface area contributed by atoms with Crippen LogP contribution < -0.4 is 16.8 Å². The highest BCUT2D eigenvalue weighted by molar-refractivity contribution is 6.93. The third-order valence-electron chi connectivity index (χ3n) is 2.19. The van der Waals surface area contributed by atoms with Gasteiger partial charge in [-0.1, -0.05) is 0 Å². The zero-order valence-corrected chi connectivity index (χ0v) is 7.99. The lowest BCUT2D eigenvalue weighted by Crippen LogP contribution is -2.54. The van der Waals surface area contributed by atoms with Crippen LogP contribution in [-0.4, -0.2) is 52.9 Å². The van der Waals surface area contributed by atoms with Crippen molar-refractivity contribution in [3.05, 3.63) is 18.6 Å². The molecule has 9 nitrogen and oxygen atoms in total. The molecule has 0 aliphatic carbocycles. The summed E-state index contributed by atoms with van der Waals surface area (Å²) in [6.07, 6.45) is 4.86. The van der Waals surface area contributed by atoms with Gasteiger partial charge in [-0.05, 0) is 0 Å². The molecule has 3 rings (SSSR count). The van der Waals surface area contributed by atoms with E-state index >= 15 is 0 Å². The van der Waals surface area contributed by atoms with Crippen LogP contribution in [0.5, 0.6) is 0 Å². The summed E-state index contributed by atoms with van der Waals surface area (Å²) in [6.45, 7) is -0.226. The summed E-state index contributed by atoms with van der Waals surface area (Å²) in [6, 6.07) is 0. The average molecular weight is 215 g/mol. The molecule has 0 amide bonds. The molecule has 0 saturated heterocycles. The summed E-state index contributed by atoms with van der Waals surface area (Å²) in [7, 11) is 0. The molecule has 0 unspecified atom stereocenters. The van der Waals surface area contributed by atoms with Crippen LogP contribution in [0.4, 0.5) is 0 Å². The van der Waals surface area contributed by atoms with Gasteiger partial charge < -0.3 is 0 Å². The lowest BCUT2D eigenvalue weighted by atomic mass is 9.43. The molecule has 3 heterocycles. The third kappa shape index (κ3) is 1.36. The zero-order chi connectivity index (χ0) is 10.8. The molecule has 0 saturated carbocycles. The Balaban J connectivity index is 2.09. The Morgan fingerprint density at radius 2 is 1.06 bits per heavy atom. The van der Waals surface area contributed by atoms with Crippen molar-refractivity contribution in [2.45, 2.75) is 0 Å². The van der Waals surface area contributed by atoms with E-state index in [2.05, 4.69) is 46.2 Å². The summed E-state index contributed by atoms with van der Waals surface area (Å²) < 4.78 is 0. The van der Waals surface area contributed by atoms with Gasteiger partial charge in [0.15, 0.2) is 0 Å². The van der Waals surface area contributed by atoms with E-state index in [1.54, 1.807) is 18.6 Å². The molecule has 0 fully saturated rings. The van der Waals surface area contributed by atoms with Crippen LogP contribution in [0.3, 0.4) is 0 Å². The molecule has 0 radical (unpaired) electrons. The van der Waals surface area contributed by atoms with E-state index in [9.17, 15) is 0 Å². The van der Waals surface area contributed by atoms with Gasteiger partial charge in [-0.25, -0.2) is 0 Å². The number of rotatable bonds is 3. The van der Waals surface area contributed by atoms with Gasteiger partial charge in [0, 0.05) is 0 Å². The van der Waals surface area contributed by atoms with Crippen LogP contribution in [0.15, 0.2) is 18.6 Å². The Morgan fingerprint density at radius 1 is 0.688 bits per heavy atom. The monoisotopic (exact) mass is 215 g/mol. The molecule has 78 valence electrons. The van der Waals surface area contributed by atoms with E-state index in [0.717, 1.165) is 0 Å². The Bertz CT molecular complexity index is 445. The molecule has 3 aromatic heterocycles. The minimum atomic E-state index is -0.226. The smallest absolute Gasteiger partial charge is 0.199 e. The molecule has 3 N–H and O–H groups in total. The fourth-order valence-corrected chi connectivity index (χ4v) is 1.50. The minimum absolute atomic E-state index is 0.226. The molecule has 0 atom stereocenters. The van der Waals surface area contributed by atoms with Crippen LogP contribution in [-0.2, 0) is 0 Å². The molecule has 0 aliphatic heterocycles. The second-order valence-corrected chi connectivity index (χ2v) is 3.12. The van der Waals surface area contributed by atoms with Crippen molar-refractivity contribution >= 4 is 23.5 Å². The predicted octanol–water partition coefficient (Wildman–Crippen LogP) is -3.44. The summed E-state index contributed by atoms with van der Waals surface area (Å²) >= 11 is 0. The number of nitrogens with zero attached hydrogens (tertiary/aromatic N) is 6. The molecule has 10 heteroatoms. The number of nitrogens with one attached hydrogen (secondary N) is 3. The van der Waals surface area contributed by atoms with Crippen molar-refractivity contribution < 1.29 is 0 Å². The first-order valence-electron chi connectivity index (χ1n) is 4.52. The summed E-state index contributed by atoms with van der Waals surface area (Å²) in [5.41, 5.74) is 2.13. The van der Waals surface area contributed by atoms with E-state index in [0.29, 0.717) is 16.8 Å². The number of H-pyrrole nitrogens is 3. The van der Waals surface area contributed by atoms with E-state index in [-0.39, 0.29) is 6.71 Å². The second kappa shape index (κ2) is 3.57. The Hall–Kier alpha value is -2.52.